The Morgan fingerprint density at radius 3 is 2.28 bits per heavy atom. The van der Waals surface area contributed by atoms with Crippen LogP contribution < -0.4 is 0 Å². The van der Waals surface area contributed by atoms with E-state index in [1.54, 1.807) is 30.3 Å². The summed E-state index contributed by atoms with van der Waals surface area (Å²) in [4.78, 5) is 12.7. The number of nitrogens with zero attached hydrogens (tertiary/aromatic N) is 2. The van der Waals surface area contributed by atoms with Gasteiger partial charge in [0.2, 0.25) is 0 Å². The number of halogens is 3. The molecule has 1 aliphatic heterocycles. The first-order chi connectivity index (χ1) is 11.7. The molecule has 0 bridgehead atoms. The zero-order valence-corrected chi connectivity index (χ0v) is 13.3. The van der Waals surface area contributed by atoms with Crippen LogP contribution >= 0.6 is 0 Å². The predicted molar refractivity (Wildman–Crippen MR) is 85.8 cm³/mol. The van der Waals surface area contributed by atoms with Crippen molar-refractivity contribution in [1.82, 2.24) is 5.01 Å². The first-order valence-electron chi connectivity index (χ1n) is 7.55. The molecule has 0 saturated carbocycles. The van der Waals surface area contributed by atoms with Crippen LogP contribution in [0.1, 0.15) is 27.9 Å². The molecule has 1 atom stereocenters. The Morgan fingerprint density at radius 2 is 1.72 bits per heavy atom. The van der Waals surface area contributed by atoms with Gasteiger partial charge in [0.05, 0.1) is 6.42 Å². The Kier molecular flexibility index (Phi) is 4.12. The molecule has 2 aromatic carbocycles. The van der Waals surface area contributed by atoms with Crippen LogP contribution in [0.15, 0.2) is 59.7 Å². The third kappa shape index (κ3) is 3.15. The van der Waals surface area contributed by atoms with E-state index in [4.69, 9.17) is 0 Å². The Labute approximate surface area is 142 Å². The van der Waals surface area contributed by atoms with Crippen LogP contribution in [0.25, 0.3) is 0 Å². The summed E-state index contributed by atoms with van der Waals surface area (Å²) in [6.07, 6.45) is -5.55. The molecule has 1 amide bonds. The van der Waals surface area contributed by atoms with E-state index in [0.717, 1.165) is 5.56 Å². The fourth-order valence-electron chi connectivity index (χ4n) is 2.67. The standard InChI is InChI=1S/C18H15F3N2O2/c1-12-7-9-14(10-8-12)17(25)11-15(18(19,20)21)22-23(17)16(24)13-5-3-2-4-6-13/h2-10,25H,11H2,1H3/t17-/m0/s1. The molecule has 0 fully saturated rings. The quantitative estimate of drug-likeness (QED) is 0.901. The van der Waals surface area contributed by atoms with Gasteiger partial charge >= 0.3 is 6.18 Å². The second-order valence-corrected chi connectivity index (χ2v) is 5.89. The lowest BCUT2D eigenvalue weighted by atomic mass is 9.95. The van der Waals surface area contributed by atoms with Crippen molar-refractivity contribution in [2.24, 2.45) is 5.10 Å². The minimum absolute atomic E-state index is 0.139. The molecule has 1 heterocycles. The lowest BCUT2D eigenvalue weighted by Crippen LogP contribution is -2.43. The molecule has 7 heteroatoms. The SMILES string of the molecule is Cc1ccc([C@@]2(O)CC(C(F)(F)F)=NN2C(=O)c2ccccc2)cc1. The van der Waals surface area contributed by atoms with E-state index in [1.165, 1.54) is 24.3 Å². The normalized spacial score (nSPS) is 20.5. The number of hydrogen-bond donors (Lipinski definition) is 1. The van der Waals surface area contributed by atoms with Crippen molar-refractivity contribution in [3.8, 4) is 0 Å². The number of alkyl halides is 3. The highest BCUT2D eigenvalue weighted by molar-refractivity contribution is 5.99. The summed E-state index contributed by atoms with van der Waals surface area (Å²) in [5, 5.41) is 14.9. The van der Waals surface area contributed by atoms with Crippen LogP contribution in [0.5, 0.6) is 0 Å². The van der Waals surface area contributed by atoms with E-state index in [0.29, 0.717) is 5.01 Å². The minimum Gasteiger partial charge on any atom is -0.365 e. The average molecular weight is 348 g/mol. The number of aliphatic hydroxyl groups is 1. The molecule has 2 aromatic rings. The molecule has 1 aliphatic rings. The van der Waals surface area contributed by atoms with Gasteiger partial charge in [-0.1, -0.05) is 48.0 Å². The molecule has 25 heavy (non-hydrogen) atoms. The van der Waals surface area contributed by atoms with Crippen LogP contribution in [0.2, 0.25) is 0 Å². The molecule has 1 N–H and O–H groups in total. The molecule has 0 spiro atoms. The third-order valence-corrected chi connectivity index (χ3v) is 4.04. The molecule has 0 aliphatic carbocycles. The van der Waals surface area contributed by atoms with Crippen molar-refractivity contribution >= 4 is 11.6 Å². The Morgan fingerprint density at radius 1 is 1.12 bits per heavy atom. The molecule has 0 saturated heterocycles. The summed E-state index contributed by atoms with van der Waals surface area (Å²) in [5.74, 6) is -0.803. The maximum atomic E-state index is 13.1. The smallest absolute Gasteiger partial charge is 0.365 e. The number of carbonyl (C=O) groups is 1. The summed E-state index contributed by atoms with van der Waals surface area (Å²) >= 11 is 0. The Hall–Kier alpha value is -2.67. The van der Waals surface area contributed by atoms with Crippen molar-refractivity contribution < 1.29 is 23.1 Å². The zero-order valence-electron chi connectivity index (χ0n) is 13.3. The lowest BCUT2D eigenvalue weighted by molar-refractivity contribution is -0.0816. The number of carbonyl (C=O) groups excluding carboxylic acids is 1. The van der Waals surface area contributed by atoms with Gasteiger partial charge in [0.1, 0.15) is 5.71 Å². The predicted octanol–water partition coefficient (Wildman–Crippen LogP) is 3.60. The van der Waals surface area contributed by atoms with Crippen LogP contribution in [0, 0.1) is 6.92 Å². The number of rotatable bonds is 2. The van der Waals surface area contributed by atoms with Crippen molar-refractivity contribution in [3.63, 3.8) is 0 Å². The highest BCUT2D eigenvalue weighted by atomic mass is 19.4. The topological polar surface area (TPSA) is 52.9 Å². The first kappa shape index (κ1) is 17.2. The van der Waals surface area contributed by atoms with Gasteiger partial charge in [-0.05, 0) is 19.1 Å². The van der Waals surface area contributed by atoms with Crippen molar-refractivity contribution in [1.29, 1.82) is 0 Å². The van der Waals surface area contributed by atoms with Gasteiger partial charge in [-0.2, -0.15) is 23.3 Å². The van der Waals surface area contributed by atoms with Crippen LogP contribution in [0.3, 0.4) is 0 Å². The van der Waals surface area contributed by atoms with Gasteiger partial charge in [0.25, 0.3) is 5.91 Å². The number of aryl methyl sites for hydroxylation is 1. The minimum atomic E-state index is -4.73. The van der Waals surface area contributed by atoms with Crippen LogP contribution in [-0.2, 0) is 5.72 Å². The second kappa shape index (κ2) is 6.00. The van der Waals surface area contributed by atoms with Crippen LogP contribution in [0.4, 0.5) is 13.2 Å². The fourth-order valence-corrected chi connectivity index (χ4v) is 2.67. The molecular weight excluding hydrogens is 333 g/mol. The molecule has 3 rings (SSSR count). The highest BCUT2D eigenvalue weighted by Gasteiger charge is 2.53. The number of hydrazone groups is 1. The second-order valence-electron chi connectivity index (χ2n) is 5.89. The van der Waals surface area contributed by atoms with E-state index >= 15 is 0 Å². The zero-order chi connectivity index (χ0) is 18.2. The molecule has 130 valence electrons. The molecule has 4 nitrogen and oxygen atoms in total. The largest absolute Gasteiger partial charge is 0.431 e. The number of amides is 1. The van der Waals surface area contributed by atoms with E-state index in [1.807, 2.05) is 6.92 Å². The van der Waals surface area contributed by atoms with E-state index in [2.05, 4.69) is 5.10 Å². The summed E-state index contributed by atoms with van der Waals surface area (Å²) in [6.45, 7) is 1.81. The summed E-state index contributed by atoms with van der Waals surface area (Å²) in [5.41, 5.74) is -2.19. The lowest BCUT2D eigenvalue weighted by Gasteiger charge is -2.31. The molecule has 0 unspecified atom stereocenters. The first-order valence-corrected chi connectivity index (χ1v) is 7.55. The van der Waals surface area contributed by atoms with Gasteiger partial charge in [0.15, 0.2) is 5.72 Å². The molecular formula is C18H15F3N2O2. The monoisotopic (exact) mass is 348 g/mol. The van der Waals surface area contributed by atoms with Gasteiger partial charge in [-0.25, -0.2) is 0 Å². The average Bonchev–Trinajstić information content (AvgIpc) is 2.94. The maximum Gasteiger partial charge on any atom is 0.431 e. The maximum absolute atomic E-state index is 13.1. The van der Waals surface area contributed by atoms with Gasteiger partial charge in [-0.3, -0.25) is 4.79 Å². The summed E-state index contributed by atoms with van der Waals surface area (Å²) in [7, 11) is 0. The third-order valence-electron chi connectivity index (χ3n) is 4.04. The summed E-state index contributed by atoms with van der Waals surface area (Å²) < 4.78 is 39.4. The van der Waals surface area contributed by atoms with Gasteiger partial charge < -0.3 is 5.11 Å². The fraction of sp³-hybridized carbons (Fsp3) is 0.222. The molecule has 0 radical (unpaired) electrons. The van der Waals surface area contributed by atoms with Gasteiger partial charge in [0, 0.05) is 11.1 Å². The van der Waals surface area contributed by atoms with Crippen LogP contribution in [-0.4, -0.2) is 27.9 Å². The Bertz CT molecular complexity index is 816. The van der Waals surface area contributed by atoms with Crippen molar-refractivity contribution in [3.05, 3.63) is 71.3 Å². The molecule has 0 aromatic heterocycles. The number of hydrogen-bond acceptors (Lipinski definition) is 3. The van der Waals surface area contributed by atoms with E-state index < -0.39 is 29.9 Å². The van der Waals surface area contributed by atoms with E-state index in [-0.39, 0.29) is 11.1 Å². The Balaban J connectivity index is 2.07. The summed E-state index contributed by atoms with van der Waals surface area (Å²) in [6, 6.07) is 14.1. The highest BCUT2D eigenvalue weighted by Crippen LogP contribution is 2.40. The van der Waals surface area contributed by atoms with Crippen molar-refractivity contribution in [2.45, 2.75) is 25.2 Å². The van der Waals surface area contributed by atoms with Gasteiger partial charge in [-0.15, -0.1) is 0 Å². The van der Waals surface area contributed by atoms with Crippen molar-refractivity contribution in [2.75, 3.05) is 0 Å². The number of benzene rings is 2. The van der Waals surface area contributed by atoms with E-state index in [9.17, 15) is 23.1 Å².